The van der Waals surface area contributed by atoms with E-state index in [-0.39, 0.29) is 11.9 Å². The minimum Gasteiger partial charge on any atom is -0.497 e. The summed E-state index contributed by atoms with van der Waals surface area (Å²) < 4.78 is 12.1. The quantitative estimate of drug-likeness (QED) is 0.735. The van der Waals surface area contributed by atoms with Crippen LogP contribution in [0.25, 0.3) is 11.4 Å². The van der Waals surface area contributed by atoms with Crippen molar-refractivity contribution in [3.8, 4) is 23.1 Å². The maximum absolute atomic E-state index is 12.5. The fraction of sp³-hybridized carbons (Fsp3) is 0.500. The number of carbonyl (C=O) groups excluding carboxylic acids is 1. The van der Waals surface area contributed by atoms with Crippen LogP contribution in [0.5, 0.6) is 11.8 Å². The number of nitrogens with zero attached hydrogens (tertiary/aromatic N) is 3. The average Bonchev–Trinajstić information content (AvgIpc) is 3.02. The molecule has 6 nitrogen and oxygen atoms in total. The zero-order chi connectivity index (χ0) is 17.5. The Morgan fingerprint density at radius 1 is 1.25 bits per heavy atom. The van der Waals surface area contributed by atoms with Crippen LogP contribution in [0.2, 0.25) is 0 Å². The number of rotatable bonds is 8. The third-order valence-electron chi connectivity index (χ3n) is 3.46. The van der Waals surface area contributed by atoms with Crippen LogP contribution in [0.1, 0.15) is 44.8 Å². The summed E-state index contributed by atoms with van der Waals surface area (Å²) in [4.78, 5) is 16.9. The monoisotopic (exact) mass is 331 g/mol. The second-order valence-electron chi connectivity index (χ2n) is 6.06. The standard InChI is InChI=1S/C18H25N3O3/c1-5-6-7-16(22)21-17(14-8-10-15(23-4)11-9-14)19-18(20-21)24-12-13(2)3/h8-11,13H,5-7,12H2,1-4H3. The van der Waals surface area contributed by atoms with Gasteiger partial charge in [0.25, 0.3) is 0 Å². The van der Waals surface area contributed by atoms with Crippen molar-refractivity contribution in [2.45, 2.75) is 40.0 Å². The van der Waals surface area contributed by atoms with Gasteiger partial charge in [-0.3, -0.25) is 4.79 Å². The first-order valence-corrected chi connectivity index (χ1v) is 8.32. The van der Waals surface area contributed by atoms with E-state index < -0.39 is 0 Å². The largest absolute Gasteiger partial charge is 0.497 e. The number of unbranched alkanes of at least 4 members (excludes halogenated alkanes) is 1. The van der Waals surface area contributed by atoms with Gasteiger partial charge in [-0.2, -0.15) is 9.67 Å². The van der Waals surface area contributed by atoms with Gasteiger partial charge in [-0.05, 0) is 36.6 Å². The maximum atomic E-state index is 12.5. The van der Waals surface area contributed by atoms with Gasteiger partial charge < -0.3 is 9.47 Å². The van der Waals surface area contributed by atoms with Crippen LogP contribution in [-0.4, -0.2) is 34.4 Å². The van der Waals surface area contributed by atoms with Gasteiger partial charge in [0.1, 0.15) is 5.75 Å². The van der Waals surface area contributed by atoms with Crippen LogP contribution in [0.3, 0.4) is 0 Å². The summed E-state index contributed by atoms with van der Waals surface area (Å²) in [6.45, 7) is 6.66. The fourth-order valence-electron chi connectivity index (χ4n) is 2.13. The second kappa shape index (κ2) is 8.47. The zero-order valence-electron chi connectivity index (χ0n) is 14.8. The van der Waals surface area contributed by atoms with Gasteiger partial charge in [0.15, 0.2) is 5.82 Å². The normalized spacial score (nSPS) is 10.9. The second-order valence-corrected chi connectivity index (χ2v) is 6.06. The molecule has 1 aromatic heterocycles. The van der Waals surface area contributed by atoms with Gasteiger partial charge in [0, 0.05) is 12.0 Å². The van der Waals surface area contributed by atoms with Crippen molar-refractivity contribution in [1.29, 1.82) is 0 Å². The molecule has 0 N–H and O–H groups in total. The van der Waals surface area contributed by atoms with Crippen molar-refractivity contribution in [2.75, 3.05) is 13.7 Å². The molecule has 0 amide bonds. The molecule has 2 rings (SSSR count). The van der Waals surface area contributed by atoms with Crippen LogP contribution in [0, 0.1) is 5.92 Å². The molecule has 0 aliphatic heterocycles. The number of hydrogen-bond acceptors (Lipinski definition) is 5. The van der Waals surface area contributed by atoms with Crippen molar-refractivity contribution < 1.29 is 14.3 Å². The molecule has 1 heterocycles. The van der Waals surface area contributed by atoms with Crippen molar-refractivity contribution in [3.63, 3.8) is 0 Å². The Kier molecular flexibility index (Phi) is 6.35. The molecule has 0 spiro atoms. The van der Waals surface area contributed by atoms with Gasteiger partial charge in [-0.25, -0.2) is 0 Å². The molecule has 0 bridgehead atoms. The van der Waals surface area contributed by atoms with E-state index in [1.165, 1.54) is 4.68 Å². The van der Waals surface area contributed by atoms with Crippen LogP contribution >= 0.6 is 0 Å². The van der Waals surface area contributed by atoms with Gasteiger partial charge in [-0.1, -0.05) is 27.2 Å². The first kappa shape index (κ1) is 18.0. The van der Waals surface area contributed by atoms with E-state index in [0.717, 1.165) is 24.2 Å². The maximum Gasteiger partial charge on any atom is 0.336 e. The highest BCUT2D eigenvalue weighted by Crippen LogP contribution is 2.23. The molecular weight excluding hydrogens is 306 g/mol. The van der Waals surface area contributed by atoms with Crippen molar-refractivity contribution in [1.82, 2.24) is 14.8 Å². The molecule has 1 aromatic carbocycles. The highest BCUT2D eigenvalue weighted by molar-refractivity contribution is 5.82. The van der Waals surface area contributed by atoms with E-state index >= 15 is 0 Å². The third-order valence-corrected chi connectivity index (χ3v) is 3.46. The first-order chi connectivity index (χ1) is 11.5. The molecule has 2 aromatic rings. The smallest absolute Gasteiger partial charge is 0.336 e. The Morgan fingerprint density at radius 2 is 1.96 bits per heavy atom. The molecule has 0 radical (unpaired) electrons. The highest BCUT2D eigenvalue weighted by atomic mass is 16.5. The van der Waals surface area contributed by atoms with E-state index in [1.807, 2.05) is 38.1 Å². The number of aromatic nitrogens is 3. The minimum absolute atomic E-state index is 0.0745. The summed E-state index contributed by atoms with van der Waals surface area (Å²) in [7, 11) is 1.61. The SMILES string of the molecule is CCCCC(=O)n1nc(OCC(C)C)nc1-c1ccc(OC)cc1. The summed E-state index contributed by atoms with van der Waals surface area (Å²) in [6, 6.07) is 7.62. The summed E-state index contributed by atoms with van der Waals surface area (Å²) >= 11 is 0. The predicted octanol–water partition coefficient (Wildman–Crippen LogP) is 3.82. The number of hydrogen-bond donors (Lipinski definition) is 0. The first-order valence-electron chi connectivity index (χ1n) is 8.32. The topological polar surface area (TPSA) is 66.2 Å². The molecule has 0 fully saturated rings. The van der Waals surface area contributed by atoms with Crippen LogP contribution in [0.15, 0.2) is 24.3 Å². The number of carbonyl (C=O) groups is 1. The Morgan fingerprint density at radius 3 is 2.54 bits per heavy atom. The molecule has 0 atom stereocenters. The number of ether oxygens (including phenoxy) is 2. The Bertz CT molecular complexity index is 663. The Hall–Kier alpha value is -2.37. The molecule has 0 aliphatic carbocycles. The van der Waals surface area contributed by atoms with Crippen molar-refractivity contribution >= 4 is 5.91 Å². The number of methoxy groups -OCH3 is 1. The molecule has 0 saturated carbocycles. The van der Waals surface area contributed by atoms with Crippen LogP contribution < -0.4 is 9.47 Å². The van der Waals surface area contributed by atoms with E-state index in [4.69, 9.17) is 9.47 Å². The molecule has 130 valence electrons. The molecule has 0 aliphatic rings. The highest BCUT2D eigenvalue weighted by Gasteiger charge is 2.18. The molecule has 0 saturated heterocycles. The van der Waals surface area contributed by atoms with E-state index in [2.05, 4.69) is 17.0 Å². The van der Waals surface area contributed by atoms with Gasteiger partial charge in [0.2, 0.25) is 5.91 Å². The predicted molar refractivity (Wildman–Crippen MR) is 92.5 cm³/mol. The van der Waals surface area contributed by atoms with Crippen LogP contribution in [0.4, 0.5) is 0 Å². The fourth-order valence-corrected chi connectivity index (χ4v) is 2.13. The lowest BCUT2D eigenvalue weighted by Crippen LogP contribution is -2.14. The lowest BCUT2D eigenvalue weighted by atomic mass is 10.2. The summed E-state index contributed by atoms with van der Waals surface area (Å²) in [5, 5.41) is 4.26. The lowest BCUT2D eigenvalue weighted by Gasteiger charge is -2.05. The van der Waals surface area contributed by atoms with Crippen LogP contribution in [-0.2, 0) is 0 Å². The minimum atomic E-state index is -0.0745. The molecule has 6 heteroatoms. The van der Waals surface area contributed by atoms with E-state index in [9.17, 15) is 4.79 Å². The Balaban J connectivity index is 2.32. The van der Waals surface area contributed by atoms with Gasteiger partial charge in [-0.15, -0.1) is 5.10 Å². The summed E-state index contributed by atoms with van der Waals surface area (Å²) in [5.41, 5.74) is 0.799. The molecule has 24 heavy (non-hydrogen) atoms. The summed E-state index contributed by atoms with van der Waals surface area (Å²) in [6.07, 6.45) is 2.21. The van der Waals surface area contributed by atoms with Gasteiger partial charge in [0.05, 0.1) is 13.7 Å². The molecular formula is C18H25N3O3. The van der Waals surface area contributed by atoms with E-state index in [1.54, 1.807) is 7.11 Å². The average molecular weight is 331 g/mol. The van der Waals surface area contributed by atoms with Crippen molar-refractivity contribution in [2.24, 2.45) is 5.92 Å². The number of benzene rings is 1. The summed E-state index contributed by atoms with van der Waals surface area (Å²) in [5.74, 6) is 1.53. The van der Waals surface area contributed by atoms with E-state index in [0.29, 0.717) is 24.8 Å². The third kappa shape index (κ3) is 4.57. The lowest BCUT2D eigenvalue weighted by molar-refractivity contribution is 0.0883. The zero-order valence-corrected chi connectivity index (χ0v) is 14.8. The Labute approximate surface area is 142 Å². The van der Waals surface area contributed by atoms with Gasteiger partial charge >= 0.3 is 6.01 Å². The molecule has 0 unspecified atom stereocenters. The van der Waals surface area contributed by atoms with Crippen molar-refractivity contribution in [3.05, 3.63) is 24.3 Å².